The van der Waals surface area contributed by atoms with E-state index in [1.807, 2.05) is 0 Å². The summed E-state index contributed by atoms with van der Waals surface area (Å²) in [5, 5.41) is 0. The summed E-state index contributed by atoms with van der Waals surface area (Å²) in [4.78, 5) is 0. The Balaban J connectivity index is 1.95. The van der Waals surface area contributed by atoms with Crippen molar-refractivity contribution in [3.8, 4) is 0 Å². The highest BCUT2D eigenvalue weighted by atomic mass is 14.4. The third-order valence-electron chi connectivity index (χ3n) is 5.62. The molecule has 3 rings (SSSR count). The maximum Gasteiger partial charge on any atom is -0.00871 e. The molecule has 2 unspecified atom stereocenters. The molecule has 2 atom stereocenters. The number of hydrogen-bond donors (Lipinski definition) is 0. The van der Waals surface area contributed by atoms with Gasteiger partial charge in [0.25, 0.3) is 0 Å². The summed E-state index contributed by atoms with van der Waals surface area (Å²) in [5.74, 6) is 1.51. The molecule has 0 saturated heterocycles. The maximum atomic E-state index is 2.39. The van der Waals surface area contributed by atoms with E-state index in [9.17, 15) is 0 Å². The fourth-order valence-corrected chi connectivity index (χ4v) is 4.30. The molecule has 0 fully saturated rings. The van der Waals surface area contributed by atoms with Crippen molar-refractivity contribution in [3.05, 3.63) is 69.8 Å². The quantitative estimate of drug-likeness (QED) is 0.670. The molecule has 0 aliphatic heterocycles. The van der Waals surface area contributed by atoms with Crippen molar-refractivity contribution in [2.24, 2.45) is 5.92 Å². The Morgan fingerprint density at radius 2 is 1.68 bits per heavy atom. The first kappa shape index (κ1) is 15.3. The molecular weight excluding hydrogens is 264 g/mol. The molecule has 2 aromatic rings. The highest BCUT2D eigenvalue weighted by Crippen LogP contribution is 2.42. The van der Waals surface area contributed by atoms with Crippen molar-refractivity contribution in [2.75, 3.05) is 0 Å². The number of hydrogen-bond acceptors (Lipinski definition) is 0. The van der Waals surface area contributed by atoms with Crippen LogP contribution < -0.4 is 0 Å². The van der Waals surface area contributed by atoms with Gasteiger partial charge in [0.2, 0.25) is 0 Å². The number of fused-ring (bicyclic) bond motifs is 1. The van der Waals surface area contributed by atoms with Gasteiger partial charge in [0.15, 0.2) is 0 Å². The Hall–Kier alpha value is -1.56. The zero-order valence-electron chi connectivity index (χ0n) is 14.4. The van der Waals surface area contributed by atoms with Crippen molar-refractivity contribution >= 4 is 0 Å². The minimum atomic E-state index is 0.700. The second-order valence-corrected chi connectivity index (χ2v) is 6.94. The monoisotopic (exact) mass is 292 g/mol. The van der Waals surface area contributed by atoms with E-state index in [4.69, 9.17) is 0 Å². The molecule has 0 amide bonds. The molecule has 0 heterocycles. The first-order valence-electron chi connectivity index (χ1n) is 8.80. The molecule has 2 aromatic carbocycles. The van der Waals surface area contributed by atoms with E-state index < -0.39 is 0 Å². The lowest BCUT2D eigenvalue weighted by Gasteiger charge is -2.22. The van der Waals surface area contributed by atoms with Crippen LogP contribution in [0.2, 0.25) is 0 Å². The number of rotatable bonds is 4. The van der Waals surface area contributed by atoms with Gasteiger partial charge in [0, 0.05) is 0 Å². The summed E-state index contributed by atoms with van der Waals surface area (Å²) in [6, 6.07) is 13.9. The van der Waals surface area contributed by atoms with Crippen LogP contribution in [0, 0.1) is 19.8 Å². The third kappa shape index (κ3) is 2.72. The van der Waals surface area contributed by atoms with Gasteiger partial charge in [-0.1, -0.05) is 56.7 Å². The van der Waals surface area contributed by atoms with Gasteiger partial charge in [-0.3, -0.25) is 0 Å². The molecule has 0 saturated carbocycles. The molecule has 0 N–H and O–H groups in total. The van der Waals surface area contributed by atoms with Crippen molar-refractivity contribution in [1.29, 1.82) is 0 Å². The summed E-state index contributed by atoms with van der Waals surface area (Å²) < 4.78 is 0. The molecule has 0 radical (unpaired) electrons. The molecule has 116 valence electrons. The molecule has 0 heteroatoms. The highest BCUT2D eigenvalue weighted by Gasteiger charge is 2.31. The fourth-order valence-electron chi connectivity index (χ4n) is 4.30. The van der Waals surface area contributed by atoms with Gasteiger partial charge in [-0.05, 0) is 78.3 Å². The van der Waals surface area contributed by atoms with E-state index in [0.29, 0.717) is 5.92 Å². The van der Waals surface area contributed by atoms with E-state index in [-0.39, 0.29) is 0 Å². The third-order valence-corrected chi connectivity index (χ3v) is 5.62. The first-order valence-corrected chi connectivity index (χ1v) is 8.80. The lowest BCUT2D eigenvalue weighted by atomic mass is 9.82. The van der Waals surface area contributed by atoms with Crippen LogP contribution in [0.25, 0.3) is 0 Å². The average Bonchev–Trinajstić information content (AvgIpc) is 2.88. The normalized spacial score (nSPS) is 20.2. The van der Waals surface area contributed by atoms with Gasteiger partial charge in [-0.2, -0.15) is 0 Å². The highest BCUT2D eigenvalue weighted by molar-refractivity contribution is 5.42. The van der Waals surface area contributed by atoms with Crippen molar-refractivity contribution < 1.29 is 0 Å². The van der Waals surface area contributed by atoms with Crippen LogP contribution in [-0.4, -0.2) is 0 Å². The van der Waals surface area contributed by atoms with E-state index in [1.54, 1.807) is 16.7 Å². The minimum absolute atomic E-state index is 0.700. The van der Waals surface area contributed by atoms with Crippen LogP contribution in [0.15, 0.2) is 36.4 Å². The summed E-state index contributed by atoms with van der Waals surface area (Å²) in [7, 11) is 0. The van der Waals surface area contributed by atoms with E-state index in [0.717, 1.165) is 12.3 Å². The largest absolute Gasteiger partial charge is 0.0651 e. The topological polar surface area (TPSA) is 0 Å². The van der Waals surface area contributed by atoms with Crippen LogP contribution >= 0.6 is 0 Å². The lowest BCUT2D eigenvalue weighted by Crippen LogP contribution is -2.12. The zero-order valence-corrected chi connectivity index (χ0v) is 14.4. The van der Waals surface area contributed by atoms with Gasteiger partial charge in [0.05, 0.1) is 0 Å². The minimum Gasteiger partial charge on any atom is -0.0651 e. The lowest BCUT2D eigenvalue weighted by molar-refractivity contribution is 0.439. The van der Waals surface area contributed by atoms with Gasteiger partial charge in [-0.15, -0.1) is 0 Å². The molecule has 22 heavy (non-hydrogen) atoms. The van der Waals surface area contributed by atoms with Crippen LogP contribution in [0.3, 0.4) is 0 Å². The predicted octanol–water partition coefficient (Wildman–Crippen LogP) is 5.77. The van der Waals surface area contributed by atoms with E-state index in [1.165, 1.54) is 36.0 Å². The van der Waals surface area contributed by atoms with Crippen LogP contribution in [-0.2, 0) is 19.3 Å². The molecule has 0 aromatic heterocycles. The molecule has 1 aliphatic rings. The zero-order chi connectivity index (χ0) is 15.7. The number of benzene rings is 2. The van der Waals surface area contributed by atoms with Crippen molar-refractivity contribution in [1.82, 2.24) is 0 Å². The molecule has 0 bridgehead atoms. The van der Waals surface area contributed by atoms with Crippen molar-refractivity contribution in [3.63, 3.8) is 0 Å². The smallest absolute Gasteiger partial charge is 0.00871 e. The summed E-state index contributed by atoms with van der Waals surface area (Å²) in [6.07, 6.45) is 4.88. The van der Waals surface area contributed by atoms with Crippen molar-refractivity contribution in [2.45, 2.75) is 59.3 Å². The first-order chi connectivity index (χ1) is 10.6. The standard InChI is InChI=1S/C22H28/c1-5-17-11-15(3)21(16(4)12-17)14-22-18(6-2)13-19-9-7-8-10-20(19)22/h7-12,18,22H,5-6,13-14H2,1-4H3. The molecule has 0 nitrogen and oxygen atoms in total. The van der Waals surface area contributed by atoms with Gasteiger partial charge < -0.3 is 0 Å². The Morgan fingerprint density at radius 1 is 1.00 bits per heavy atom. The summed E-state index contributed by atoms with van der Waals surface area (Å²) in [6.45, 7) is 9.18. The second kappa shape index (κ2) is 6.28. The SMILES string of the molecule is CCc1cc(C)c(CC2c3ccccc3CC2CC)c(C)c1. The Labute approximate surface area is 135 Å². The molecule has 1 aliphatic carbocycles. The van der Waals surface area contributed by atoms with Crippen LogP contribution in [0.1, 0.15) is 59.6 Å². The number of aryl methyl sites for hydroxylation is 3. The van der Waals surface area contributed by atoms with Crippen LogP contribution in [0.4, 0.5) is 0 Å². The van der Waals surface area contributed by atoms with E-state index in [2.05, 4.69) is 64.1 Å². The summed E-state index contributed by atoms with van der Waals surface area (Å²) in [5.41, 5.74) is 9.20. The Bertz CT molecular complexity index is 642. The van der Waals surface area contributed by atoms with Gasteiger partial charge in [0.1, 0.15) is 0 Å². The average molecular weight is 292 g/mol. The predicted molar refractivity (Wildman–Crippen MR) is 95.7 cm³/mol. The molecular formula is C22H28. The second-order valence-electron chi connectivity index (χ2n) is 6.94. The summed E-state index contributed by atoms with van der Waals surface area (Å²) >= 11 is 0. The molecule has 0 spiro atoms. The maximum absolute atomic E-state index is 2.39. The van der Waals surface area contributed by atoms with E-state index >= 15 is 0 Å². The van der Waals surface area contributed by atoms with Crippen LogP contribution in [0.5, 0.6) is 0 Å². The fraction of sp³-hybridized carbons (Fsp3) is 0.455. The van der Waals surface area contributed by atoms with Gasteiger partial charge >= 0.3 is 0 Å². The Morgan fingerprint density at radius 3 is 2.32 bits per heavy atom. The van der Waals surface area contributed by atoms with Gasteiger partial charge in [-0.25, -0.2) is 0 Å². The Kier molecular flexibility index (Phi) is 4.38.